The third-order valence-electron chi connectivity index (χ3n) is 5.08. The van der Waals surface area contributed by atoms with Gasteiger partial charge in [-0.15, -0.1) is 0 Å². The van der Waals surface area contributed by atoms with Gasteiger partial charge >= 0.3 is 0 Å². The minimum atomic E-state index is 0.0539. The zero-order valence-corrected chi connectivity index (χ0v) is 15.7. The number of hydrogen-bond acceptors (Lipinski definition) is 5. The molecule has 3 heterocycles. The molecule has 1 atom stereocenters. The number of nitrogen functional groups attached to an aromatic ring is 1. The standard InChI is InChI=1S/C19H27N5O2/c1-13-17(14(2)23(3)22-13)11-19(25)24-8-9-26-16(12-24)5-4-15-6-7-21-18(20)10-15/h6-7,10,16H,4-5,8-9,11-12H2,1-3H3,(H2,20,21)/t16-/m1/s1. The molecule has 2 aromatic rings. The number of aromatic nitrogens is 3. The first-order valence-electron chi connectivity index (χ1n) is 9.03. The first kappa shape index (κ1) is 18.4. The van der Waals surface area contributed by atoms with E-state index in [0.717, 1.165) is 35.4 Å². The molecule has 1 aliphatic heterocycles. The van der Waals surface area contributed by atoms with Gasteiger partial charge in [0.25, 0.3) is 0 Å². The Morgan fingerprint density at radius 2 is 2.23 bits per heavy atom. The summed E-state index contributed by atoms with van der Waals surface area (Å²) in [5.74, 6) is 0.678. The average molecular weight is 357 g/mol. The molecule has 1 aliphatic rings. The molecule has 1 saturated heterocycles. The highest BCUT2D eigenvalue weighted by Gasteiger charge is 2.25. The lowest BCUT2D eigenvalue weighted by Crippen LogP contribution is -2.46. The second kappa shape index (κ2) is 7.86. The fourth-order valence-corrected chi connectivity index (χ4v) is 3.43. The Labute approximate surface area is 154 Å². The molecule has 2 aromatic heterocycles. The summed E-state index contributed by atoms with van der Waals surface area (Å²) in [6.07, 6.45) is 3.90. The van der Waals surface area contributed by atoms with Crippen molar-refractivity contribution in [2.45, 2.75) is 39.2 Å². The van der Waals surface area contributed by atoms with Crippen LogP contribution in [0.3, 0.4) is 0 Å². The van der Waals surface area contributed by atoms with Crippen LogP contribution in [-0.4, -0.2) is 51.4 Å². The number of anilines is 1. The van der Waals surface area contributed by atoms with E-state index >= 15 is 0 Å². The summed E-state index contributed by atoms with van der Waals surface area (Å²) in [5, 5.41) is 4.40. The quantitative estimate of drug-likeness (QED) is 0.874. The summed E-state index contributed by atoms with van der Waals surface area (Å²) in [6, 6.07) is 3.86. The van der Waals surface area contributed by atoms with Crippen LogP contribution in [0.4, 0.5) is 5.82 Å². The maximum atomic E-state index is 12.8. The summed E-state index contributed by atoms with van der Waals surface area (Å²) >= 11 is 0. The zero-order valence-electron chi connectivity index (χ0n) is 15.7. The van der Waals surface area contributed by atoms with E-state index in [9.17, 15) is 4.79 Å². The number of aryl methyl sites for hydroxylation is 3. The van der Waals surface area contributed by atoms with Crippen LogP contribution in [0.2, 0.25) is 0 Å². The molecule has 0 aromatic carbocycles. The second-order valence-electron chi connectivity index (χ2n) is 6.91. The van der Waals surface area contributed by atoms with Crippen molar-refractivity contribution in [1.29, 1.82) is 0 Å². The molecule has 0 radical (unpaired) electrons. The molecule has 140 valence electrons. The van der Waals surface area contributed by atoms with E-state index in [1.165, 1.54) is 0 Å². The maximum Gasteiger partial charge on any atom is 0.227 e. The smallest absolute Gasteiger partial charge is 0.227 e. The average Bonchev–Trinajstić information content (AvgIpc) is 2.86. The lowest BCUT2D eigenvalue weighted by molar-refractivity contribution is -0.138. The largest absolute Gasteiger partial charge is 0.384 e. The molecule has 1 fully saturated rings. The highest BCUT2D eigenvalue weighted by Crippen LogP contribution is 2.17. The number of carbonyl (C=O) groups excluding carboxylic acids is 1. The van der Waals surface area contributed by atoms with Gasteiger partial charge in [0.1, 0.15) is 5.82 Å². The zero-order chi connectivity index (χ0) is 18.7. The van der Waals surface area contributed by atoms with Crippen LogP contribution in [0.5, 0.6) is 0 Å². The van der Waals surface area contributed by atoms with Crippen molar-refractivity contribution in [3.63, 3.8) is 0 Å². The van der Waals surface area contributed by atoms with E-state index in [1.54, 1.807) is 6.20 Å². The van der Waals surface area contributed by atoms with E-state index in [-0.39, 0.29) is 12.0 Å². The van der Waals surface area contributed by atoms with Gasteiger partial charge in [0.15, 0.2) is 0 Å². The summed E-state index contributed by atoms with van der Waals surface area (Å²) in [7, 11) is 1.91. The normalized spacial score (nSPS) is 17.5. The van der Waals surface area contributed by atoms with Crippen LogP contribution in [0.1, 0.15) is 28.9 Å². The number of carbonyl (C=O) groups is 1. The topological polar surface area (TPSA) is 86.3 Å². The molecular formula is C19H27N5O2. The Morgan fingerprint density at radius 1 is 1.42 bits per heavy atom. The van der Waals surface area contributed by atoms with Crippen molar-refractivity contribution < 1.29 is 9.53 Å². The van der Waals surface area contributed by atoms with Crippen molar-refractivity contribution in [3.05, 3.63) is 40.8 Å². The Morgan fingerprint density at radius 3 is 2.92 bits per heavy atom. The Balaban J connectivity index is 1.56. The highest BCUT2D eigenvalue weighted by atomic mass is 16.5. The number of ether oxygens (including phenoxy) is 1. The molecule has 1 amide bonds. The van der Waals surface area contributed by atoms with Crippen LogP contribution in [0, 0.1) is 13.8 Å². The van der Waals surface area contributed by atoms with Gasteiger partial charge in [-0.2, -0.15) is 5.10 Å². The summed E-state index contributed by atoms with van der Waals surface area (Å²) in [6.45, 7) is 5.83. The van der Waals surface area contributed by atoms with E-state index in [2.05, 4.69) is 10.1 Å². The van der Waals surface area contributed by atoms with E-state index in [4.69, 9.17) is 10.5 Å². The van der Waals surface area contributed by atoms with Crippen molar-refractivity contribution in [2.24, 2.45) is 7.05 Å². The third-order valence-corrected chi connectivity index (χ3v) is 5.08. The van der Waals surface area contributed by atoms with Gasteiger partial charge in [0.05, 0.1) is 24.8 Å². The van der Waals surface area contributed by atoms with E-state index in [0.29, 0.717) is 31.9 Å². The molecule has 7 heteroatoms. The summed E-state index contributed by atoms with van der Waals surface area (Å²) in [5.41, 5.74) is 9.89. The van der Waals surface area contributed by atoms with Gasteiger partial charge in [-0.1, -0.05) is 0 Å². The molecule has 0 saturated carbocycles. The summed E-state index contributed by atoms with van der Waals surface area (Å²) < 4.78 is 7.69. The molecule has 0 unspecified atom stereocenters. The monoisotopic (exact) mass is 357 g/mol. The molecule has 26 heavy (non-hydrogen) atoms. The van der Waals surface area contributed by atoms with Crippen LogP contribution >= 0.6 is 0 Å². The number of nitrogens with two attached hydrogens (primary N) is 1. The van der Waals surface area contributed by atoms with Crippen molar-refractivity contribution in [1.82, 2.24) is 19.7 Å². The van der Waals surface area contributed by atoms with Crippen molar-refractivity contribution in [3.8, 4) is 0 Å². The number of amides is 1. The number of morpholine rings is 1. The first-order chi connectivity index (χ1) is 12.4. The molecule has 0 aliphatic carbocycles. The Bertz CT molecular complexity index is 786. The van der Waals surface area contributed by atoms with Crippen LogP contribution in [0.25, 0.3) is 0 Å². The van der Waals surface area contributed by atoms with Gasteiger partial charge in [-0.25, -0.2) is 4.98 Å². The Kier molecular flexibility index (Phi) is 5.56. The molecular weight excluding hydrogens is 330 g/mol. The van der Waals surface area contributed by atoms with Gasteiger partial charge in [-0.3, -0.25) is 9.48 Å². The minimum Gasteiger partial charge on any atom is -0.384 e. The number of hydrogen-bond donors (Lipinski definition) is 1. The fraction of sp³-hybridized carbons (Fsp3) is 0.526. The van der Waals surface area contributed by atoms with Crippen LogP contribution < -0.4 is 5.73 Å². The van der Waals surface area contributed by atoms with Crippen LogP contribution in [0.15, 0.2) is 18.3 Å². The SMILES string of the molecule is Cc1nn(C)c(C)c1CC(=O)N1CCO[C@H](CCc2ccnc(N)c2)C1. The predicted molar refractivity (Wildman–Crippen MR) is 99.7 cm³/mol. The van der Waals surface area contributed by atoms with Crippen molar-refractivity contribution >= 4 is 11.7 Å². The first-order valence-corrected chi connectivity index (χ1v) is 9.03. The maximum absolute atomic E-state index is 12.8. The molecule has 0 spiro atoms. The lowest BCUT2D eigenvalue weighted by atomic mass is 10.1. The fourth-order valence-electron chi connectivity index (χ4n) is 3.43. The molecule has 7 nitrogen and oxygen atoms in total. The van der Waals surface area contributed by atoms with Crippen molar-refractivity contribution in [2.75, 3.05) is 25.4 Å². The Hall–Kier alpha value is -2.41. The third kappa shape index (κ3) is 4.22. The van der Waals surface area contributed by atoms with E-state index in [1.807, 2.05) is 42.6 Å². The van der Waals surface area contributed by atoms with Gasteiger partial charge in [0, 0.05) is 37.6 Å². The van der Waals surface area contributed by atoms with E-state index < -0.39 is 0 Å². The molecule has 3 rings (SSSR count). The van der Waals surface area contributed by atoms with Gasteiger partial charge < -0.3 is 15.4 Å². The highest BCUT2D eigenvalue weighted by molar-refractivity contribution is 5.79. The second-order valence-corrected chi connectivity index (χ2v) is 6.91. The number of rotatable bonds is 5. The number of pyridine rings is 1. The number of nitrogens with zero attached hydrogens (tertiary/aromatic N) is 4. The van der Waals surface area contributed by atoms with Gasteiger partial charge in [-0.05, 0) is 44.4 Å². The minimum absolute atomic E-state index is 0.0539. The lowest BCUT2D eigenvalue weighted by Gasteiger charge is -2.33. The predicted octanol–water partition coefficient (Wildman–Crippen LogP) is 1.42. The molecule has 2 N–H and O–H groups in total. The van der Waals surface area contributed by atoms with Crippen LogP contribution in [-0.2, 0) is 29.4 Å². The summed E-state index contributed by atoms with van der Waals surface area (Å²) in [4.78, 5) is 18.7. The molecule has 0 bridgehead atoms. The van der Waals surface area contributed by atoms with Gasteiger partial charge in [0.2, 0.25) is 5.91 Å².